The van der Waals surface area contributed by atoms with Gasteiger partial charge < -0.3 is 9.72 Å². The predicted octanol–water partition coefficient (Wildman–Crippen LogP) is 3.51. The van der Waals surface area contributed by atoms with Gasteiger partial charge in [0, 0.05) is 12.8 Å². The molecule has 17 heavy (non-hydrogen) atoms. The van der Waals surface area contributed by atoms with Gasteiger partial charge in [0.05, 0.1) is 0 Å². The lowest BCUT2D eigenvalue weighted by Crippen LogP contribution is -2.33. The summed E-state index contributed by atoms with van der Waals surface area (Å²) in [5, 5.41) is 0. The van der Waals surface area contributed by atoms with Crippen LogP contribution in [0.3, 0.4) is 0 Å². The van der Waals surface area contributed by atoms with Gasteiger partial charge in [-0.05, 0) is 25.3 Å². The molecule has 1 saturated carbocycles. The lowest BCUT2D eigenvalue weighted by Gasteiger charge is -2.35. The van der Waals surface area contributed by atoms with Gasteiger partial charge in [-0.3, -0.25) is 0 Å². The number of aromatic amines is 1. The van der Waals surface area contributed by atoms with E-state index in [2.05, 4.69) is 16.9 Å². The highest BCUT2D eigenvalue weighted by Crippen LogP contribution is 2.38. The number of hydrogen-bond acceptors (Lipinski definition) is 3. The summed E-state index contributed by atoms with van der Waals surface area (Å²) < 4.78 is 6.44. The molecule has 0 aliphatic heterocycles. The molecule has 1 aromatic heterocycles. The van der Waals surface area contributed by atoms with E-state index in [1.165, 1.54) is 19.3 Å². The topological polar surface area (TPSA) is 37.9 Å². The maximum atomic E-state index is 5.78. The van der Waals surface area contributed by atoms with Gasteiger partial charge in [-0.2, -0.15) is 0 Å². The highest BCUT2D eigenvalue weighted by Gasteiger charge is 2.36. The van der Waals surface area contributed by atoms with E-state index in [0.29, 0.717) is 4.64 Å². The van der Waals surface area contributed by atoms with Crippen LogP contribution in [0.4, 0.5) is 0 Å². The van der Waals surface area contributed by atoms with Crippen molar-refractivity contribution in [1.82, 2.24) is 9.97 Å². The van der Waals surface area contributed by atoms with Crippen LogP contribution in [-0.2, 0) is 16.8 Å². The van der Waals surface area contributed by atoms with E-state index in [1.54, 1.807) is 7.11 Å². The molecule has 94 valence electrons. The number of rotatable bonds is 3. The Morgan fingerprint density at radius 1 is 1.41 bits per heavy atom. The smallest absolute Gasteiger partial charge is 0.140 e. The van der Waals surface area contributed by atoms with Crippen LogP contribution in [0.25, 0.3) is 0 Å². The van der Waals surface area contributed by atoms with E-state index in [9.17, 15) is 0 Å². The second kappa shape index (κ2) is 5.27. The third-order valence-electron chi connectivity index (χ3n) is 3.66. The van der Waals surface area contributed by atoms with Gasteiger partial charge in [-0.15, -0.1) is 0 Å². The number of methoxy groups -OCH3 is 1. The number of nitrogens with one attached hydrogen (secondary N) is 1. The minimum atomic E-state index is -0.239. The van der Waals surface area contributed by atoms with Crippen LogP contribution in [-0.4, -0.2) is 17.1 Å². The van der Waals surface area contributed by atoms with Crippen LogP contribution >= 0.6 is 12.2 Å². The van der Waals surface area contributed by atoms with E-state index in [0.717, 1.165) is 30.8 Å². The second-order valence-corrected chi connectivity index (χ2v) is 5.12. The molecule has 0 unspecified atom stereocenters. The van der Waals surface area contributed by atoms with Gasteiger partial charge in [0.2, 0.25) is 0 Å². The van der Waals surface area contributed by atoms with Crippen LogP contribution in [0.5, 0.6) is 0 Å². The standard InChI is InChI=1S/C13H20N2OS/c1-3-10-9-11(17)15-12(14-10)13(16-2)7-5-4-6-8-13/h9H,3-8H2,1-2H3,(H,14,15,17). The van der Waals surface area contributed by atoms with E-state index < -0.39 is 0 Å². The molecule has 2 rings (SSSR count). The zero-order valence-corrected chi connectivity index (χ0v) is 11.4. The lowest BCUT2D eigenvalue weighted by molar-refractivity contribution is -0.0517. The van der Waals surface area contributed by atoms with Crippen molar-refractivity contribution in [3.63, 3.8) is 0 Å². The van der Waals surface area contributed by atoms with Crippen molar-refractivity contribution >= 4 is 12.2 Å². The number of aromatic nitrogens is 2. The van der Waals surface area contributed by atoms with Crippen molar-refractivity contribution in [3.8, 4) is 0 Å². The molecule has 1 heterocycles. The summed E-state index contributed by atoms with van der Waals surface area (Å²) in [4.78, 5) is 7.88. The van der Waals surface area contributed by atoms with E-state index in [1.807, 2.05) is 6.07 Å². The van der Waals surface area contributed by atoms with Crippen molar-refractivity contribution in [3.05, 3.63) is 22.2 Å². The molecule has 0 bridgehead atoms. The minimum Gasteiger partial charge on any atom is -0.370 e. The zero-order valence-electron chi connectivity index (χ0n) is 10.6. The number of nitrogens with zero attached hydrogens (tertiary/aromatic N) is 1. The predicted molar refractivity (Wildman–Crippen MR) is 70.6 cm³/mol. The molecule has 0 spiro atoms. The summed E-state index contributed by atoms with van der Waals surface area (Å²) in [6.45, 7) is 2.12. The Morgan fingerprint density at radius 3 is 2.71 bits per heavy atom. The van der Waals surface area contributed by atoms with Crippen molar-refractivity contribution in [1.29, 1.82) is 0 Å². The zero-order chi connectivity index (χ0) is 12.3. The summed E-state index contributed by atoms with van der Waals surface area (Å²) in [6.07, 6.45) is 6.71. The molecular weight excluding hydrogens is 232 g/mol. The molecule has 0 saturated heterocycles. The average molecular weight is 252 g/mol. The third-order valence-corrected chi connectivity index (χ3v) is 3.87. The molecule has 0 atom stereocenters. The first-order valence-electron chi connectivity index (χ1n) is 6.36. The Balaban J connectivity index is 2.42. The lowest BCUT2D eigenvalue weighted by atomic mass is 9.84. The van der Waals surface area contributed by atoms with E-state index in [4.69, 9.17) is 17.0 Å². The van der Waals surface area contributed by atoms with Gasteiger partial charge in [0.1, 0.15) is 16.1 Å². The summed E-state index contributed by atoms with van der Waals surface area (Å²) in [6, 6.07) is 1.94. The molecule has 1 aromatic rings. The number of hydrogen-bond donors (Lipinski definition) is 1. The molecule has 1 N–H and O–H groups in total. The Bertz CT molecular complexity index is 435. The van der Waals surface area contributed by atoms with Crippen molar-refractivity contribution in [2.75, 3.05) is 7.11 Å². The Hall–Kier alpha value is -0.740. The molecule has 0 amide bonds. The fourth-order valence-corrected chi connectivity index (χ4v) is 2.81. The SMILES string of the molecule is CCc1cc(=S)nc(C2(OC)CCCCC2)[nH]1. The first-order valence-corrected chi connectivity index (χ1v) is 6.77. The van der Waals surface area contributed by atoms with Crippen LogP contribution in [0.2, 0.25) is 0 Å². The number of aryl methyl sites for hydroxylation is 1. The molecule has 1 aliphatic carbocycles. The molecule has 1 fully saturated rings. The fraction of sp³-hybridized carbons (Fsp3) is 0.692. The highest BCUT2D eigenvalue weighted by molar-refractivity contribution is 7.71. The van der Waals surface area contributed by atoms with Crippen molar-refractivity contribution in [2.45, 2.75) is 51.0 Å². The van der Waals surface area contributed by atoms with E-state index >= 15 is 0 Å². The molecule has 1 aliphatic rings. The maximum absolute atomic E-state index is 5.78. The minimum absolute atomic E-state index is 0.239. The summed E-state index contributed by atoms with van der Waals surface area (Å²) in [7, 11) is 1.78. The van der Waals surface area contributed by atoms with Gasteiger partial charge in [-0.25, -0.2) is 4.98 Å². The molecule has 3 nitrogen and oxygen atoms in total. The summed E-state index contributed by atoms with van der Waals surface area (Å²) in [5.41, 5.74) is 0.902. The fourth-order valence-electron chi connectivity index (χ4n) is 2.57. The highest BCUT2D eigenvalue weighted by atomic mass is 32.1. The molecule has 0 aromatic carbocycles. The van der Waals surface area contributed by atoms with Crippen LogP contribution in [0, 0.1) is 4.64 Å². The van der Waals surface area contributed by atoms with Crippen LogP contribution in [0.1, 0.15) is 50.5 Å². The second-order valence-electron chi connectivity index (χ2n) is 4.71. The van der Waals surface area contributed by atoms with Crippen LogP contribution in [0.15, 0.2) is 6.07 Å². The van der Waals surface area contributed by atoms with Crippen molar-refractivity contribution < 1.29 is 4.74 Å². The normalized spacial score (nSPS) is 19.2. The van der Waals surface area contributed by atoms with Gasteiger partial charge in [0.15, 0.2) is 0 Å². The average Bonchev–Trinajstić information content (AvgIpc) is 2.38. The summed E-state index contributed by atoms with van der Waals surface area (Å²) >= 11 is 5.23. The first-order chi connectivity index (χ1) is 8.20. The van der Waals surface area contributed by atoms with Gasteiger partial charge >= 0.3 is 0 Å². The monoisotopic (exact) mass is 252 g/mol. The largest absolute Gasteiger partial charge is 0.370 e. The molecular formula is C13H20N2OS. The first kappa shape index (κ1) is 12.7. The summed E-state index contributed by atoms with van der Waals surface area (Å²) in [5.74, 6) is 0.920. The van der Waals surface area contributed by atoms with E-state index in [-0.39, 0.29) is 5.60 Å². The van der Waals surface area contributed by atoms with Crippen LogP contribution < -0.4 is 0 Å². The quantitative estimate of drug-likeness (QED) is 0.837. The van der Waals surface area contributed by atoms with Crippen molar-refractivity contribution in [2.24, 2.45) is 0 Å². The Morgan fingerprint density at radius 2 is 2.12 bits per heavy atom. The number of ether oxygens (including phenoxy) is 1. The maximum Gasteiger partial charge on any atom is 0.140 e. The number of H-pyrrole nitrogens is 1. The third kappa shape index (κ3) is 2.58. The van der Waals surface area contributed by atoms with Gasteiger partial charge in [0.25, 0.3) is 0 Å². The van der Waals surface area contributed by atoms with Gasteiger partial charge in [-0.1, -0.05) is 38.4 Å². The Labute approximate surface area is 108 Å². The Kier molecular flexibility index (Phi) is 3.94. The molecule has 0 radical (unpaired) electrons. The molecule has 4 heteroatoms.